The fourth-order valence-electron chi connectivity index (χ4n) is 0.611. The molecule has 0 aromatic heterocycles. The van der Waals surface area contributed by atoms with Crippen LogP contribution in [0.5, 0.6) is 0 Å². The molecular formula is C7H12O4. The zero-order valence-corrected chi connectivity index (χ0v) is 6.50. The summed E-state index contributed by atoms with van der Waals surface area (Å²) in [4.78, 5) is 21.0. The number of aliphatic hydroxyl groups is 1. The third-order valence-corrected chi connectivity index (χ3v) is 1.24. The van der Waals surface area contributed by atoms with Gasteiger partial charge in [0.05, 0.1) is 7.11 Å². The third-order valence-electron chi connectivity index (χ3n) is 1.24. The lowest BCUT2D eigenvalue weighted by Gasteiger charge is -1.96. The van der Waals surface area contributed by atoms with E-state index in [2.05, 4.69) is 4.74 Å². The predicted molar refractivity (Wildman–Crippen MR) is 38.0 cm³/mol. The summed E-state index contributed by atoms with van der Waals surface area (Å²) in [5, 5.41) is 8.29. The summed E-state index contributed by atoms with van der Waals surface area (Å²) < 4.78 is 4.35. The van der Waals surface area contributed by atoms with Crippen molar-refractivity contribution in [1.29, 1.82) is 0 Å². The van der Waals surface area contributed by atoms with Gasteiger partial charge in [-0.15, -0.1) is 0 Å². The van der Waals surface area contributed by atoms with Crippen LogP contribution in [0.25, 0.3) is 0 Å². The number of hydrogen-bond acceptors (Lipinski definition) is 4. The number of hydrogen-bond donors (Lipinski definition) is 1. The van der Waals surface area contributed by atoms with Gasteiger partial charge in [0.25, 0.3) is 0 Å². The van der Waals surface area contributed by atoms with E-state index in [4.69, 9.17) is 5.11 Å². The maximum Gasteiger partial charge on any atom is 0.305 e. The quantitative estimate of drug-likeness (QED) is 0.570. The van der Waals surface area contributed by atoms with Crippen LogP contribution in [0.3, 0.4) is 0 Å². The van der Waals surface area contributed by atoms with E-state index in [1.807, 2.05) is 0 Å². The van der Waals surface area contributed by atoms with E-state index in [0.29, 0.717) is 6.42 Å². The molecule has 11 heavy (non-hydrogen) atoms. The molecule has 0 amide bonds. The van der Waals surface area contributed by atoms with Gasteiger partial charge in [-0.1, -0.05) is 0 Å². The molecule has 0 atom stereocenters. The first kappa shape index (κ1) is 10.1. The molecule has 0 aliphatic carbocycles. The maximum absolute atomic E-state index is 10.5. The summed E-state index contributed by atoms with van der Waals surface area (Å²) in [7, 11) is 1.30. The number of ether oxygens (including phenoxy) is 1. The number of Topliss-reactive ketones (excluding diaryl/α,β-unsaturated/α-hetero) is 1. The second-order valence-electron chi connectivity index (χ2n) is 2.13. The van der Waals surface area contributed by atoms with Gasteiger partial charge in [-0.2, -0.15) is 0 Å². The molecule has 64 valence electrons. The van der Waals surface area contributed by atoms with Crippen LogP contribution in [-0.4, -0.2) is 30.6 Å². The summed E-state index contributed by atoms with van der Waals surface area (Å²) in [6.07, 6.45) is 0.930. The molecule has 0 aromatic carbocycles. The molecule has 0 bridgehead atoms. The Morgan fingerprint density at radius 3 is 2.45 bits per heavy atom. The van der Waals surface area contributed by atoms with E-state index in [0.717, 1.165) is 0 Å². The van der Waals surface area contributed by atoms with Crippen molar-refractivity contribution in [2.24, 2.45) is 0 Å². The molecule has 0 unspecified atom stereocenters. The molecule has 0 rings (SSSR count). The summed E-state index contributed by atoms with van der Waals surface area (Å²) >= 11 is 0. The van der Waals surface area contributed by atoms with Crippen LogP contribution in [-0.2, 0) is 14.3 Å². The van der Waals surface area contributed by atoms with Crippen molar-refractivity contribution in [3.05, 3.63) is 0 Å². The monoisotopic (exact) mass is 160 g/mol. The van der Waals surface area contributed by atoms with Gasteiger partial charge in [0.1, 0.15) is 6.61 Å². The highest BCUT2D eigenvalue weighted by Gasteiger charge is 2.02. The number of methoxy groups -OCH3 is 1. The van der Waals surface area contributed by atoms with Crippen molar-refractivity contribution in [1.82, 2.24) is 0 Å². The van der Waals surface area contributed by atoms with Crippen LogP contribution >= 0.6 is 0 Å². The zero-order chi connectivity index (χ0) is 8.69. The maximum atomic E-state index is 10.5. The Morgan fingerprint density at radius 2 is 2.00 bits per heavy atom. The summed E-state index contributed by atoms with van der Waals surface area (Å²) in [6, 6.07) is 0. The van der Waals surface area contributed by atoms with Crippen LogP contribution in [0, 0.1) is 0 Å². The molecule has 0 fully saturated rings. The number of aliphatic hydroxyl groups excluding tert-OH is 1. The van der Waals surface area contributed by atoms with E-state index < -0.39 is 6.61 Å². The highest BCUT2D eigenvalue weighted by Crippen LogP contribution is 1.97. The number of carbonyl (C=O) groups excluding carboxylic acids is 2. The minimum Gasteiger partial charge on any atom is -0.469 e. The van der Waals surface area contributed by atoms with E-state index in [1.165, 1.54) is 7.11 Å². The molecule has 0 saturated heterocycles. The fraction of sp³-hybridized carbons (Fsp3) is 0.714. The van der Waals surface area contributed by atoms with E-state index >= 15 is 0 Å². The van der Waals surface area contributed by atoms with Crippen molar-refractivity contribution >= 4 is 11.8 Å². The molecule has 0 aliphatic rings. The van der Waals surface area contributed by atoms with E-state index in [-0.39, 0.29) is 24.6 Å². The molecule has 0 saturated carbocycles. The Balaban J connectivity index is 3.27. The number of esters is 1. The molecule has 1 N–H and O–H groups in total. The normalized spacial score (nSPS) is 9.27. The molecule has 4 nitrogen and oxygen atoms in total. The highest BCUT2D eigenvalue weighted by atomic mass is 16.5. The second kappa shape index (κ2) is 5.85. The lowest BCUT2D eigenvalue weighted by molar-refractivity contribution is -0.140. The summed E-state index contributed by atoms with van der Waals surface area (Å²) in [5.74, 6) is -0.565. The number of rotatable bonds is 5. The van der Waals surface area contributed by atoms with Crippen LogP contribution in [0.4, 0.5) is 0 Å². The molecule has 0 aromatic rings. The van der Waals surface area contributed by atoms with Gasteiger partial charge in [0.2, 0.25) is 0 Å². The smallest absolute Gasteiger partial charge is 0.305 e. The minimum atomic E-state index is -0.443. The largest absolute Gasteiger partial charge is 0.469 e. The van der Waals surface area contributed by atoms with Crippen LogP contribution in [0.1, 0.15) is 19.3 Å². The second-order valence-corrected chi connectivity index (χ2v) is 2.13. The molecule has 0 spiro atoms. The SMILES string of the molecule is COC(=O)CCCC(=O)CO. The van der Waals surface area contributed by atoms with Crippen molar-refractivity contribution in [3.63, 3.8) is 0 Å². The first-order valence-electron chi connectivity index (χ1n) is 3.40. The zero-order valence-electron chi connectivity index (χ0n) is 6.50. The van der Waals surface area contributed by atoms with Crippen LogP contribution in [0.2, 0.25) is 0 Å². The molecule has 0 radical (unpaired) electrons. The van der Waals surface area contributed by atoms with Crippen molar-refractivity contribution in [2.75, 3.05) is 13.7 Å². The van der Waals surface area contributed by atoms with E-state index in [1.54, 1.807) is 0 Å². The lowest BCUT2D eigenvalue weighted by atomic mass is 10.2. The number of ketones is 1. The van der Waals surface area contributed by atoms with Gasteiger partial charge in [-0.25, -0.2) is 0 Å². The summed E-state index contributed by atoms with van der Waals surface area (Å²) in [5.41, 5.74) is 0. The van der Waals surface area contributed by atoms with E-state index in [9.17, 15) is 9.59 Å². The van der Waals surface area contributed by atoms with Crippen molar-refractivity contribution in [3.8, 4) is 0 Å². The van der Waals surface area contributed by atoms with Crippen molar-refractivity contribution < 1.29 is 19.4 Å². The van der Waals surface area contributed by atoms with Gasteiger partial charge in [-0.05, 0) is 6.42 Å². The number of carbonyl (C=O) groups is 2. The summed E-state index contributed by atoms with van der Waals surface area (Å²) in [6.45, 7) is -0.443. The van der Waals surface area contributed by atoms with Gasteiger partial charge < -0.3 is 9.84 Å². The first-order valence-corrected chi connectivity index (χ1v) is 3.40. The first-order chi connectivity index (χ1) is 5.20. The Labute approximate surface area is 65.2 Å². The Hall–Kier alpha value is -0.900. The van der Waals surface area contributed by atoms with Gasteiger partial charge >= 0.3 is 5.97 Å². The average molecular weight is 160 g/mol. The third kappa shape index (κ3) is 5.54. The molecule has 0 heterocycles. The Bertz CT molecular complexity index is 125. The fourth-order valence-corrected chi connectivity index (χ4v) is 0.611. The molecule has 0 aliphatic heterocycles. The van der Waals surface area contributed by atoms with Gasteiger partial charge in [0.15, 0.2) is 5.78 Å². The standard InChI is InChI=1S/C7H12O4/c1-11-7(10)4-2-3-6(9)5-8/h8H,2-5H2,1H3. The molecule has 4 heteroatoms. The van der Waals surface area contributed by atoms with Crippen molar-refractivity contribution in [2.45, 2.75) is 19.3 Å². The minimum absolute atomic E-state index is 0.238. The predicted octanol–water partition coefficient (Wildman–Crippen LogP) is -0.109. The Kier molecular flexibility index (Phi) is 5.37. The molecular weight excluding hydrogens is 148 g/mol. The Morgan fingerprint density at radius 1 is 1.36 bits per heavy atom. The highest BCUT2D eigenvalue weighted by molar-refractivity contribution is 5.80. The van der Waals surface area contributed by atoms with Gasteiger partial charge in [0, 0.05) is 12.8 Å². The van der Waals surface area contributed by atoms with Crippen LogP contribution in [0.15, 0.2) is 0 Å². The van der Waals surface area contributed by atoms with Gasteiger partial charge in [-0.3, -0.25) is 9.59 Å². The average Bonchev–Trinajstić information content (AvgIpc) is 2.04. The van der Waals surface area contributed by atoms with Crippen LogP contribution < -0.4 is 0 Å². The topological polar surface area (TPSA) is 63.6 Å². The lowest BCUT2D eigenvalue weighted by Crippen LogP contribution is -2.05.